The van der Waals surface area contributed by atoms with Crippen molar-refractivity contribution in [2.45, 2.75) is 31.6 Å². The second kappa shape index (κ2) is 5.88. The van der Waals surface area contributed by atoms with Crippen LogP contribution < -0.4 is 0 Å². The van der Waals surface area contributed by atoms with Crippen LogP contribution in [0.4, 0.5) is 0 Å². The molecular formula is C14H13N3O2S. The molecule has 0 radical (unpaired) electrons. The fourth-order valence-corrected chi connectivity index (χ4v) is 2.63. The molecule has 2 aromatic heterocycles. The van der Waals surface area contributed by atoms with Crippen LogP contribution in [0.15, 0.2) is 21.7 Å². The van der Waals surface area contributed by atoms with Crippen molar-refractivity contribution in [3.63, 3.8) is 0 Å². The van der Waals surface area contributed by atoms with Crippen molar-refractivity contribution in [1.29, 1.82) is 5.26 Å². The van der Waals surface area contributed by atoms with E-state index >= 15 is 0 Å². The Bertz CT molecular complexity index is 701. The number of carbonyl (C=O) groups is 1. The summed E-state index contributed by atoms with van der Waals surface area (Å²) in [6.07, 6.45) is 0. The van der Waals surface area contributed by atoms with Gasteiger partial charge in [0.1, 0.15) is 16.9 Å². The van der Waals surface area contributed by atoms with E-state index in [1.165, 1.54) is 18.7 Å². The average molecular weight is 287 g/mol. The normalized spacial score (nSPS) is 10.3. The second-order valence-electron chi connectivity index (χ2n) is 4.37. The highest BCUT2D eigenvalue weighted by molar-refractivity contribution is 7.98. The largest absolute Gasteiger partial charge is 0.360 e. The lowest BCUT2D eigenvalue weighted by Gasteiger charge is -2.06. The van der Waals surface area contributed by atoms with Crippen LogP contribution in [0, 0.1) is 25.2 Å². The Labute approximate surface area is 121 Å². The lowest BCUT2D eigenvalue weighted by atomic mass is 10.1. The van der Waals surface area contributed by atoms with Gasteiger partial charge < -0.3 is 4.52 Å². The zero-order valence-corrected chi connectivity index (χ0v) is 12.2. The van der Waals surface area contributed by atoms with Crippen LogP contribution in [-0.2, 0) is 5.75 Å². The number of thioether (sulfide) groups is 1. The minimum absolute atomic E-state index is 0.0890. The van der Waals surface area contributed by atoms with Gasteiger partial charge in [-0.25, -0.2) is 4.98 Å². The zero-order valence-electron chi connectivity index (χ0n) is 11.4. The van der Waals surface area contributed by atoms with Gasteiger partial charge in [-0.2, -0.15) is 5.26 Å². The number of carbonyl (C=O) groups excluding carboxylic acids is 1. The van der Waals surface area contributed by atoms with E-state index in [0.717, 1.165) is 11.5 Å². The molecule has 2 aromatic rings. The molecule has 102 valence electrons. The Morgan fingerprint density at radius 2 is 2.20 bits per heavy atom. The highest BCUT2D eigenvalue weighted by Gasteiger charge is 2.13. The minimum Gasteiger partial charge on any atom is -0.360 e. The number of pyridine rings is 1. The molecule has 0 fully saturated rings. The Morgan fingerprint density at radius 1 is 1.45 bits per heavy atom. The summed E-state index contributed by atoms with van der Waals surface area (Å²) >= 11 is 1.39. The number of rotatable bonds is 4. The van der Waals surface area contributed by atoms with Crippen molar-refractivity contribution in [2.75, 3.05) is 0 Å². The van der Waals surface area contributed by atoms with E-state index < -0.39 is 0 Å². The molecule has 0 saturated carbocycles. The van der Waals surface area contributed by atoms with Crippen molar-refractivity contribution in [3.05, 3.63) is 40.4 Å². The van der Waals surface area contributed by atoms with Gasteiger partial charge >= 0.3 is 0 Å². The Morgan fingerprint density at radius 3 is 2.75 bits per heavy atom. The maximum atomic E-state index is 11.4. The molecule has 0 aliphatic carbocycles. The van der Waals surface area contributed by atoms with Crippen molar-refractivity contribution < 1.29 is 9.32 Å². The summed E-state index contributed by atoms with van der Waals surface area (Å²) in [5, 5.41) is 13.6. The standard InChI is InChI=1S/C14H13N3O2S/c1-8-4-12(19-17-8)7-20-14-11(6-15)5-13(10(3)18)9(2)16-14/h4-5H,7H2,1-3H3. The van der Waals surface area contributed by atoms with E-state index in [-0.39, 0.29) is 5.78 Å². The maximum absolute atomic E-state index is 11.4. The van der Waals surface area contributed by atoms with Gasteiger partial charge in [0.05, 0.1) is 17.0 Å². The molecule has 5 nitrogen and oxygen atoms in total. The first-order valence-electron chi connectivity index (χ1n) is 5.99. The van der Waals surface area contributed by atoms with Gasteiger partial charge in [0, 0.05) is 17.3 Å². The van der Waals surface area contributed by atoms with Crippen molar-refractivity contribution in [1.82, 2.24) is 10.1 Å². The molecule has 0 bridgehead atoms. The van der Waals surface area contributed by atoms with E-state index in [4.69, 9.17) is 9.78 Å². The fourth-order valence-electron chi connectivity index (χ4n) is 1.75. The van der Waals surface area contributed by atoms with Gasteiger partial charge in [-0.15, -0.1) is 0 Å². The summed E-state index contributed by atoms with van der Waals surface area (Å²) in [4.78, 5) is 15.8. The van der Waals surface area contributed by atoms with Gasteiger partial charge in [-0.1, -0.05) is 16.9 Å². The van der Waals surface area contributed by atoms with Gasteiger partial charge in [-0.05, 0) is 26.8 Å². The first kappa shape index (κ1) is 14.3. The van der Waals surface area contributed by atoms with Crippen LogP contribution in [0.2, 0.25) is 0 Å². The molecule has 0 amide bonds. The van der Waals surface area contributed by atoms with Crippen LogP contribution in [0.5, 0.6) is 0 Å². The topological polar surface area (TPSA) is 79.8 Å². The van der Waals surface area contributed by atoms with Crippen LogP contribution in [0.1, 0.15) is 40.0 Å². The minimum atomic E-state index is -0.0890. The molecule has 0 aromatic carbocycles. The number of hydrogen-bond donors (Lipinski definition) is 0. The van der Waals surface area contributed by atoms with Crippen molar-refractivity contribution >= 4 is 17.5 Å². The lowest BCUT2D eigenvalue weighted by molar-refractivity contribution is 0.101. The Balaban J connectivity index is 2.25. The fraction of sp³-hybridized carbons (Fsp3) is 0.286. The predicted octanol–water partition coefficient (Wildman–Crippen LogP) is 3.05. The number of nitrogens with zero attached hydrogens (tertiary/aromatic N) is 3. The van der Waals surface area contributed by atoms with Gasteiger partial charge in [0.25, 0.3) is 0 Å². The lowest BCUT2D eigenvalue weighted by Crippen LogP contribution is -2.02. The molecule has 0 aliphatic heterocycles. The molecule has 0 unspecified atom stereocenters. The molecule has 0 aliphatic rings. The molecular weight excluding hydrogens is 274 g/mol. The third-order valence-corrected chi connectivity index (χ3v) is 3.72. The first-order valence-corrected chi connectivity index (χ1v) is 6.97. The van der Waals surface area contributed by atoms with E-state index in [1.807, 2.05) is 13.0 Å². The molecule has 0 N–H and O–H groups in total. The summed E-state index contributed by atoms with van der Waals surface area (Å²) in [6, 6.07) is 5.52. The van der Waals surface area contributed by atoms with Gasteiger partial charge in [-0.3, -0.25) is 4.79 Å². The van der Waals surface area contributed by atoms with E-state index in [1.54, 1.807) is 13.0 Å². The summed E-state index contributed by atoms with van der Waals surface area (Å²) in [7, 11) is 0. The summed E-state index contributed by atoms with van der Waals surface area (Å²) in [6.45, 7) is 5.08. The monoisotopic (exact) mass is 287 g/mol. The third kappa shape index (κ3) is 3.06. The summed E-state index contributed by atoms with van der Waals surface area (Å²) in [5.41, 5.74) is 2.34. The van der Waals surface area contributed by atoms with Crippen molar-refractivity contribution in [3.8, 4) is 6.07 Å². The maximum Gasteiger partial charge on any atom is 0.161 e. The van der Waals surface area contributed by atoms with Crippen molar-refractivity contribution in [2.24, 2.45) is 0 Å². The zero-order chi connectivity index (χ0) is 14.7. The van der Waals surface area contributed by atoms with Crippen LogP contribution in [-0.4, -0.2) is 15.9 Å². The quantitative estimate of drug-likeness (QED) is 0.635. The van der Waals surface area contributed by atoms with Gasteiger partial charge in [0.15, 0.2) is 5.78 Å². The molecule has 2 heterocycles. The van der Waals surface area contributed by atoms with E-state index in [9.17, 15) is 4.79 Å². The Hall–Kier alpha value is -2.13. The first-order chi connectivity index (χ1) is 9.51. The van der Waals surface area contributed by atoms with E-state index in [2.05, 4.69) is 16.2 Å². The van der Waals surface area contributed by atoms with Crippen LogP contribution in [0.25, 0.3) is 0 Å². The SMILES string of the molecule is CC(=O)c1cc(C#N)c(SCc2cc(C)no2)nc1C. The molecule has 0 saturated heterocycles. The van der Waals surface area contributed by atoms with E-state index in [0.29, 0.717) is 27.6 Å². The number of aromatic nitrogens is 2. The highest BCUT2D eigenvalue weighted by atomic mass is 32.2. The smallest absolute Gasteiger partial charge is 0.161 e. The Kier molecular flexibility index (Phi) is 4.20. The second-order valence-corrected chi connectivity index (χ2v) is 5.33. The number of nitriles is 1. The highest BCUT2D eigenvalue weighted by Crippen LogP contribution is 2.26. The van der Waals surface area contributed by atoms with Gasteiger partial charge in [0.2, 0.25) is 0 Å². The molecule has 6 heteroatoms. The molecule has 0 spiro atoms. The number of hydrogen-bond acceptors (Lipinski definition) is 6. The van der Waals surface area contributed by atoms with Crippen LogP contribution in [0.3, 0.4) is 0 Å². The summed E-state index contributed by atoms with van der Waals surface area (Å²) in [5.74, 6) is 1.18. The predicted molar refractivity (Wildman–Crippen MR) is 74.5 cm³/mol. The molecule has 20 heavy (non-hydrogen) atoms. The molecule has 2 rings (SSSR count). The van der Waals surface area contributed by atoms with Crippen LogP contribution >= 0.6 is 11.8 Å². The third-order valence-electron chi connectivity index (χ3n) is 2.71. The number of ketones is 1. The molecule has 0 atom stereocenters. The summed E-state index contributed by atoms with van der Waals surface area (Å²) < 4.78 is 5.12. The average Bonchev–Trinajstić information content (AvgIpc) is 2.81. The number of Topliss-reactive ketones (excluding diaryl/α,β-unsaturated/α-hetero) is 1. The number of aryl methyl sites for hydroxylation is 2.